The van der Waals surface area contributed by atoms with E-state index in [2.05, 4.69) is 21.2 Å². The molecule has 1 amide bonds. The number of carbonyl (C=O) groups is 1. The van der Waals surface area contributed by atoms with Crippen molar-refractivity contribution >= 4 is 27.5 Å². The van der Waals surface area contributed by atoms with Crippen molar-refractivity contribution in [1.82, 2.24) is 0 Å². The molecule has 0 spiro atoms. The van der Waals surface area contributed by atoms with Crippen LogP contribution in [-0.4, -0.2) is 32.7 Å². The number of ether oxygens (including phenoxy) is 1. The van der Waals surface area contributed by atoms with E-state index in [0.29, 0.717) is 13.2 Å². The number of quaternary nitrogens is 1. The van der Waals surface area contributed by atoms with Gasteiger partial charge in [-0.15, -0.1) is 0 Å². The van der Waals surface area contributed by atoms with Gasteiger partial charge in [0.25, 0.3) is 5.91 Å². The summed E-state index contributed by atoms with van der Waals surface area (Å²) in [5.41, 5.74) is 3.11. The van der Waals surface area contributed by atoms with E-state index in [0.717, 1.165) is 32.9 Å². The number of nitrogens with one attached hydrogen (secondary N) is 2. The molecule has 1 unspecified atom stereocenters. The van der Waals surface area contributed by atoms with Crippen LogP contribution in [0.3, 0.4) is 0 Å². The van der Waals surface area contributed by atoms with Crippen LogP contribution < -0.4 is 15.0 Å². The second kappa shape index (κ2) is 8.85. The summed E-state index contributed by atoms with van der Waals surface area (Å²) in [7, 11) is 1.99. The van der Waals surface area contributed by atoms with Crippen molar-refractivity contribution < 1.29 is 14.4 Å². The first-order chi connectivity index (χ1) is 11.4. The summed E-state index contributed by atoms with van der Waals surface area (Å²) < 4.78 is 6.71. The lowest BCUT2D eigenvalue weighted by Crippen LogP contribution is -3.10. The van der Waals surface area contributed by atoms with Crippen molar-refractivity contribution in [2.24, 2.45) is 0 Å². The highest BCUT2D eigenvalue weighted by molar-refractivity contribution is 9.10. The molecule has 5 heteroatoms. The third-order valence-electron chi connectivity index (χ3n) is 3.74. The standard InChI is InChI=1S/C19H23BrN2O2/c1-14-4-7-17(8-5-14)24-11-10-22(3)13-19(23)21-18-9-6-16(20)12-15(18)2/h4-9,12H,10-11,13H2,1-3H3,(H,21,23)/p+1. The molecule has 2 aromatic rings. The number of hydrogen-bond acceptors (Lipinski definition) is 2. The third kappa shape index (κ3) is 5.98. The summed E-state index contributed by atoms with van der Waals surface area (Å²) in [4.78, 5) is 13.3. The number of likely N-dealkylation sites (N-methyl/N-ethyl adjacent to an activating group) is 1. The molecule has 0 saturated carbocycles. The molecule has 0 fully saturated rings. The molecule has 0 saturated heterocycles. The van der Waals surface area contributed by atoms with Crippen LogP contribution in [0.5, 0.6) is 5.75 Å². The zero-order valence-corrected chi connectivity index (χ0v) is 15.9. The Kier molecular flexibility index (Phi) is 6.82. The highest BCUT2D eigenvalue weighted by Crippen LogP contribution is 2.19. The summed E-state index contributed by atoms with van der Waals surface area (Å²) in [5.74, 6) is 0.872. The number of halogens is 1. The van der Waals surface area contributed by atoms with Gasteiger partial charge in [0.2, 0.25) is 0 Å². The van der Waals surface area contributed by atoms with Crippen molar-refractivity contribution in [2.75, 3.05) is 32.1 Å². The van der Waals surface area contributed by atoms with Gasteiger partial charge in [0.15, 0.2) is 6.54 Å². The fourth-order valence-corrected chi connectivity index (χ4v) is 2.78. The van der Waals surface area contributed by atoms with Crippen LogP contribution in [0.25, 0.3) is 0 Å². The lowest BCUT2D eigenvalue weighted by molar-refractivity contribution is -0.871. The van der Waals surface area contributed by atoms with Gasteiger partial charge in [-0.25, -0.2) is 0 Å². The monoisotopic (exact) mass is 391 g/mol. The van der Waals surface area contributed by atoms with Crippen molar-refractivity contribution in [3.05, 3.63) is 58.1 Å². The Morgan fingerprint density at radius 2 is 1.88 bits per heavy atom. The first-order valence-electron chi connectivity index (χ1n) is 8.01. The molecule has 0 heterocycles. The van der Waals surface area contributed by atoms with Gasteiger partial charge in [0.05, 0.1) is 7.05 Å². The topological polar surface area (TPSA) is 42.8 Å². The smallest absolute Gasteiger partial charge is 0.279 e. The molecule has 0 aliphatic heterocycles. The molecule has 0 aliphatic carbocycles. The minimum Gasteiger partial charge on any atom is -0.488 e. The Morgan fingerprint density at radius 3 is 2.54 bits per heavy atom. The second-order valence-corrected chi connectivity index (χ2v) is 6.97. The minimum atomic E-state index is 0.00765. The average molecular weight is 392 g/mol. The maximum Gasteiger partial charge on any atom is 0.279 e. The maximum atomic E-state index is 12.1. The number of carbonyl (C=O) groups excluding carboxylic acids is 1. The molecule has 2 rings (SSSR count). The Hall–Kier alpha value is -1.85. The molecule has 0 aromatic heterocycles. The number of aryl methyl sites for hydroxylation is 2. The van der Waals surface area contributed by atoms with Crippen LogP contribution in [-0.2, 0) is 4.79 Å². The van der Waals surface area contributed by atoms with Gasteiger partial charge in [-0.3, -0.25) is 4.79 Å². The maximum absolute atomic E-state index is 12.1. The molecule has 4 nitrogen and oxygen atoms in total. The van der Waals surface area contributed by atoms with E-state index in [1.807, 2.05) is 63.4 Å². The van der Waals surface area contributed by atoms with Crippen LogP contribution >= 0.6 is 15.9 Å². The molecule has 2 aromatic carbocycles. The summed E-state index contributed by atoms with van der Waals surface area (Å²) in [6.45, 7) is 5.78. The quantitative estimate of drug-likeness (QED) is 0.761. The van der Waals surface area contributed by atoms with Crippen LogP contribution in [0.4, 0.5) is 5.69 Å². The Labute approximate surface area is 151 Å². The predicted molar refractivity (Wildman–Crippen MR) is 101 cm³/mol. The van der Waals surface area contributed by atoms with Crippen molar-refractivity contribution in [3.8, 4) is 5.75 Å². The van der Waals surface area contributed by atoms with E-state index in [4.69, 9.17) is 4.74 Å². The van der Waals surface area contributed by atoms with E-state index in [1.165, 1.54) is 5.56 Å². The highest BCUT2D eigenvalue weighted by Gasteiger charge is 2.11. The summed E-state index contributed by atoms with van der Waals surface area (Å²) in [6.07, 6.45) is 0. The SMILES string of the molecule is Cc1ccc(OCC[NH+](C)CC(=O)Nc2ccc(Br)cc2C)cc1. The summed E-state index contributed by atoms with van der Waals surface area (Å²) >= 11 is 3.42. The Morgan fingerprint density at radius 1 is 1.17 bits per heavy atom. The van der Waals surface area contributed by atoms with Gasteiger partial charge < -0.3 is 15.0 Å². The Bertz CT molecular complexity index is 686. The second-order valence-electron chi connectivity index (χ2n) is 6.05. The zero-order chi connectivity index (χ0) is 17.5. The predicted octanol–water partition coefficient (Wildman–Crippen LogP) is 2.60. The molecule has 2 N–H and O–H groups in total. The lowest BCUT2D eigenvalue weighted by Gasteiger charge is -2.15. The fraction of sp³-hybridized carbons (Fsp3) is 0.316. The molecule has 128 valence electrons. The van der Waals surface area contributed by atoms with Crippen LogP contribution in [0, 0.1) is 13.8 Å². The van der Waals surface area contributed by atoms with E-state index >= 15 is 0 Å². The van der Waals surface area contributed by atoms with E-state index in [9.17, 15) is 4.79 Å². The van der Waals surface area contributed by atoms with E-state index in [1.54, 1.807) is 0 Å². The average Bonchev–Trinajstić information content (AvgIpc) is 2.52. The van der Waals surface area contributed by atoms with Crippen molar-refractivity contribution in [3.63, 3.8) is 0 Å². The molecular formula is C19H24BrN2O2+. The lowest BCUT2D eigenvalue weighted by atomic mass is 10.2. The van der Waals surface area contributed by atoms with Crippen LogP contribution in [0.1, 0.15) is 11.1 Å². The zero-order valence-electron chi connectivity index (χ0n) is 14.4. The Balaban J connectivity index is 1.74. The molecule has 0 bridgehead atoms. The fourth-order valence-electron chi connectivity index (χ4n) is 2.30. The number of hydrogen-bond donors (Lipinski definition) is 2. The van der Waals surface area contributed by atoms with E-state index < -0.39 is 0 Å². The number of benzene rings is 2. The summed E-state index contributed by atoms with van der Waals surface area (Å²) in [5, 5.41) is 2.96. The van der Waals surface area contributed by atoms with Crippen molar-refractivity contribution in [2.45, 2.75) is 13.8 Å². The molecule has 0 aliphatic rings. The van der Waals surface area contributed by atoms with Gasteiger partial charge in [-0.2, -0.15) is 0 Å². The van der Waals surface area contributed by atoms with Gasteiger partial charge in [0.1, 0.15) is 18.9 Å². The largest absolute Gasteiger partial charge is 0.488 e. The number of rotatable bonds is 7. The summed E-state index contributed by atoms with van der Waals surface area (Å²) in [6, 6.07) is 13.8. The highest BCUT2D eigenvalue weighted by atomic mass is 79.9. The molecule has 24 heavy (non-hydrogen) atoms. The molecule has 1 atom stereocenters. The van der Waals surface area contributed by atoms with Gasteiger partial charge in [-0.1, -0.05) is 33.6 Å². The van der Waals surface area contributed by atoms with Gasteiger partial charge in [-0.05, 0) is 49.7 Å². The minimum absolute atomic E-state index is 0.00765. The first kappa shape index (κ1) is 18.5. The number of anilines is 1. The molecular weight excluding hydrogens is 368 g/mol. The number of amides is 1. The van der Waals surface area contributed by atoms with Crippen LogP contribution in [0.15, 0.2) is 46.9 Å². The van der Waals surface area contributed by atoms with Gasteiger partial charge >= 0.3 is 0 Å². The first-order valence-corrected chi connectivity index (χ1v) is 8.80. The van der Waals surface area contributed by atoms with E-state index in [-0.39, 0.29) is 5.91 Å². The van der Waals surface area contributed by atoms with Crippen molar-refractivity contribution in [1.29, 1.82) is 0 Å². The molecule has 0 radical (unpaired) electrons. The van der Waals surface area contributed by atoms with Gasteiger partial charge in [0, 0.05) is 10.2 Å². The third-order valence-corrected chi connectivity index (χ3v) is 4.24. The normalized spacial score (nSPS) is 11.8. The van der Waals surface area contributed by atoms with Crippen LogP contribution in [0.2, 0.25) is 0 Å².